The molecule has 4 rings (SSSR count). The van der Waals surface area contributed by atoms with Crippen molar-refractivity contribution in [1.29, 1.82) is 0 Å². The Labute approximate surface area is 162 Å². The van der Waals surface area contributed by atoms with Gasteiger partial charge in [0.1, 0.15) is 5.75 Å². The second kappa shape index (κ2) is 7.87. The average Bonchev–Trinajstić information content (AvgIpc) is 3.30. The molecule has 2 unspecified atom stereocenters. The van der Waals surface area contributed by atoms with E-state index in [1.807, 2.05) is 4.90 Å². The van der Waals surface area contributed by atoms with Crippen LogP contribution >= 0.6 is 12.4 Å². The quantitative estimate of drug-likeness (QED) is 0.837. The highest BCUT2D eigenvalue weighted by atomic mass is 35.5. The fourth-order valence-corrected chi connectivity index (χ4v) is 4.49. The molecule has 150 valence electrons. The third kappa shape index (κ3) is 4.51. The highest BCUT2D eigenvalue weighted by Crippen LogP contribution is 2.52. The summed E-state index contributed by atoms with van der Waals surface area (Å²) in [6.07, 6.45) is -2.10. The minimum absolute atomic E-state index is 0. The minimum Gasteiger partial charge on any atom is -0.405 e. The normalized spacial score (nSPS) is 30.1. The molecule has 1 aromatic carbocycles. The van der Waals surface area contributed by atoms with Gasteiger partial charge in [0.25, 0.3) is 0 Å². The van der Waals surface area contributed by atoms with E-state index >= 15 is 0 Å². The average molecular weight is 405 g/mol. The van der Waals surface area contributed by atoms with Gasteiger partial charge >= 0.3 is 6.36 Å². The summed E-state index contributed by atoms with van der Waals surface area (Å²) in [4.78, 5) is 14.8. The van der Waals surface area contributed by atoms with Crippen LogP contribution in [0.4, 0.5) is 13.2 Å². The molecule has 0 spiro atoms. The van der Waals surface area contributed by atoms with Gasteiger partial charge in [0.2, 0.25) is 5.91 Å². The Morgan fingerprint density at radius 2 is 1.74 bits per heavy atom. The van der Waals surface area contributed by atoms with E-state index in [9.17, 15) is 18.0 Å². The van der Waals surface area contributed by atoms with Crippen molar-refractivity contribution in [3.05, 3.63) is 29.8 Å². The lowest BCUT2D eigenvalue weighted by atomic mass is 9.92. The maximum absolute atomic E-state index is 12.9. The van der Waals surface area contributed by atoms with E-state index in [-0.39, 0.29) is 35.9 Å². The molecule has 1 aromatic rings. The van der Waals surface area contributed by atoms with E-state index in [0.717, 1.165) is 39.0 Å². The molecule has 4 atom stereocenters. The largest absolute Gasteiger partial charge is 0.573 e. The number of para-hydroxylation sites is 1. The molecule has 8 heteroatoms. The lowest BCUT2D eigenvalue weighted by Gasteiger charge is -2.21. The lowest BCUT2D eigenvalue weighted by molar-refractivity contribution is -0.274. The summed E-state index contributed by atoms with van der Waals surface area (Å²) in [6, 6.07) is 6.17. The Kier molecular flexibility index (Phi) is 5.91. The van der Waals surface area contributed by atoms with Crippen LogP contribution in [0.3, 0.4) is 0 Å². The molecular formula is C19H24ClF3N2O2. The molecule has 0 aromatic heterocycles. The first-order chi connectivity index (χ1) is 12.4. The Morgan fingerprint density at radius 1 is 1.11 bits per heavy atom. The van der Waals surface area contributed by atoms with Crippen molar-refractivity contribution in [2.24, 2.45) is 17.8 Å². The first-order valence-corrected chi connectivity index (χ1v) is 9.26. The van der Waals surface area contributed by atoms with E-state index in [1.165, 1.54) is 12.1 Å². The number of carbonyl (C=O) groups excluding carboxylic acids is 1. The van der Waals surface area contributed by atoms with Crippen molar-refractivity contribution in [3.8, 4) is 5.75 Å². The van der Waals surface area contributed by atoms with Crippen molar-refractivity contribution in [1.82, 2.24) is 10.2 Å². The van der Waals surface area contributed by atoms with Crippen molar-refractivity contribution >= 4 is 18.3 Å². The van der Waals surface area contributed by atoms with Gasteiger partial charge < -0.3 is 15.0 Å². The van der Waals surface area contributed by atoms with E-state index in [4.69, 9.17) is 0 Å². The van der Waals surface area contributed by atoms with Crippen molar-refractivity contribution in [2.75, 3.05) is 26.2 Å². The number of ether oxygens (including phenoxy) is 1. The van der Waals surface area contributed by atoms with Crippen LogP contribution in [0.2, 0.25) is 0 Å². The number of hydrogen-bond acceptors (Lipinski definition) is 3. The van der Waals surface area contributed by atoms with Crippen LogP contribution in [-0.2, 0) is 4.79 Å². The summed E-state index contributed by atoms with van der Waals surface area (Å²) in [5.41, 5.74) is 0.485. The monoisotopic (exact) mass is 404 g/mol. The Bertz CT molecular complexity index is 671. The number of nitrogens with one attached hydrogen (secondary N) is 1. The van der Waals surface area contributed by atoms with Crippen LogP contribution in [0.1, 0.15) is 30.7 Å². The smallest absolute Gasteiger partial charge is 0.405 e. The summed E-state index contributed by atoms with van der Waals surface area (Å²) in [5, 5.41) is 3.42. The van der Waals surface area contributed by atoms with Crippen molar-refractivity contribution in [3.63, 3.8) is 0 Å². The third-order valence-electron chi connectivity index (χ3n) is 5.98. The molecule has 3 aliphatic rings. The first-order valence-electron chi connectivity index (χ1n) is 9.26. The van der Waals surface area contributed by atoms with Gasteiger partial charge in [-0.1, -0.05) is 18.2 Å². The maximum Gasteiger partial charge on any atom is 0.573 e. The predicted octanol–water partition coefficient (Wildman–Crippen LogP) is 3.57. The number of fused-ring (bicyclic) bond motifs is 1. The number of amides is 1. The molecule has 1 amide bonds. The van der Waals surface area contributed by atoms with Gasteiger partial charge in [-0.25, -0.2) is 0 Å². The molecule has 27 heavy (non-hydrogen) atoms. The highest BCUT2D eigenvalue weighted by Gasteiger charge is 2.48. The lowest BCUT2D eigenvalue weighted by Crippen LogP contribution is -2.34. The van der Waals surface area contributed by atoms with Crippen LogP contribution < -0.4 is 10.1 Å². The van der Waals surface area contributed by atoms with Gasteiger partial charge in [0.05, 0.1) is 0 Å². The highest BCUT2D eigenvalue weighted by molar-refractivity contribution is 5.85. The Morgan fingerprint density at radius 3 is 2.37 bits per heavy atom. The number of rotatable bonds is 3. The molecular weight excluding hydrogens is 381 g/mol. The molecule has 0 bridgehead atoms. The summed E-state index contributed by atoms with van der Waals surface area (Å²) in [5.74, 6) is 0.795. The second-order valence-corrected chi connectivity index (χ2v) is 7.62. The topological polar surface area (TPSA) is 41.6 Å². The fraction of sp³-hybridized carbons (Fsp3) is 0.632. The zero-order chi connectivity index (χ0) is 18.3. The van der Waals surface area contributed by atoms with E-state index in [1.54, 1.807) is 12.1 Å². The molecule has 1 N–H and O–H groups in total. The number of carbonyl (C=O) groups is 1. The molecule has 1 aliphatic carbocycles. The van der Waals surface area contributed by atoms with Gasteiger partial charge in [-0.3, -0.25) is 4.79 Å². The van der Waals surface area contributed by atoms with Gasteiger partial charge in [0, 0.05) is 19.0 Å². The summed E-state index contributed by atoms with van der Waals surface area (Å²) in [7, 11) is 0. The van der Waals surface area contributed by atoms with E-state index in [2.05, 4.69) is 10.1 Å². The zero-order valence-electron chi connectivity index (χ0n) is 14.9. The van der Waals surface area contributed by atoms with Gasteiger partial charge in [-0.2, -0.15) is 0 Å². The number of hydrogen-bond donors (Lipinski definition) is 1. The van der Waals surface area contributed by atoms with Crippen LogP contribution in [0, 0.1) is 17.8 Å². The number of benzene rings is 1. The van der Waals surface area contributed by atoms with Crippen LogP contribution in [0.25, 0.3) is 0 Å². The van der Waals surface area contributed by atoms with E-state index in [0.29, 0.717) is 23.8 Å². The Balaban J connectivity index is 0.00000210. The Hall–Kier alpha value is -1.47. The fourth-order valence-electron chi connectivity index (χ4n) is 4.49. The molecule has 1 saturated carbocycles. The van der Waals surface area contributed by atoms with Crippen molar-refractivity contribution in [2.45, 2.75) is 31.5 Å². The molecule has 0 radical (unpaired) electrons. The number of likely N-dealkylation sites (tertiary alicyclic amines) is 1. The number of nitrogens with zero attached hydrogens (tertiary/aromatic N) is 1. The van der Waals surface area contributed by atoms with Gasteiger partial charge in [0.15, 0.2) is 0 Å². The van der Waals surface area contributed by atoms with Crippen LogP contribution in [0.5, 0.6) is 5.75 Å². The summed E-state index contributed by atoms with van der Waals surface area (Å²) in [6.45, 7) is 3.57. The molecule has 2 heterocycles. The predicted molar refractivity (Wildman–Crippen MR) is 96.9 cm³/mol. The number of halogens is 4. The zero-order valence-corrected chi connectivity index (χ0v) is 15.7. The van der Waals surface area contributed by atoms with Gasteiger partial charge in [-0.15, -0.1) is 25.6 Å². The third-order valence-corrected chi connectivity index (χ3v) is 5.98. The van der Waals surface area contributed by atoms with Crippen LogP contribution in [0.15, 0.2) is 24.3 Å². The maximum atomic E-state index is 12.9. The molecule has 3 fully saturated rings. The standard InChI is InChI=1S/C19H23F3N2O2.ClH/c20-19(21,22)26-17-4-2-1-3-14(17)15-9-16(15)18(25)24-7-5-12-10-23-11-13(12)6-8-24;/h1-4,12-13,15-16,23H,5-11H2;1H/t12-,13+,15?,16?;. The van der Waals surface area contributed by atoms with E-state index < -0.39 is 6.36 Å². The van der Waals surface area contributed by atoms with Crippen molar-refractivity contribution < 1.29 is 22.7 Å². The summed E-state index contributed by atoms with van der Waals surface area (Å²) >= 11 is 0. The first kappa shape index (κ1) is 20.3. The molecule has 4 nitrogen and oxygen atoms in total. The molecule has 2 aliphatic heterocycles. The van der Waals surface area contributed by atoms with Gasteiger partial charge in [-0.05, 0) is 61.7 Å². The SMILES string of the molecule is Cl.O=C(C1CC1c1ccccc1OC(F)(F)F)N1CC[C@@H]2CNC[C@@H]2CC1. The minimum atomic E-state index is -4.72. The number of alkyl halides is 3. The molecule has 2 saturated heterocycles. The summed E-state index contributed by atoms with van der Waals surface area (Å²) < 4.78 is 42.0. The second-order valence-electron chi connectivity index (χ2n) is 7.62. The van der Waals surface area contributed by atoms with Crippen LogP contribution in [-0.4, -0.2) is 43.3 Å².